The smallest absolute Gasteiger partial charge is 0.437 e. The molecule has 0 radical (unpaired) electrons. The predicted octanol–water partition coefficient (Wildman–Crippen LogP) is 5.88. The summed E-state index contributed by atoms with van der Waals surface area (Å²) in [6, 6.07) is 16.1. The van der Waals surface area contributed by atoms with Crippen molar-refractivity contribution in [1.29, 1.82) is 0 Å². The van der Waals surface area contributed by atoms with Crippen LogP contribution < -0.4 is 9.47 Å². The molecular formula is C21H15ClO5S. The molecule has 0 heterocycles. The van der Waals surface area contributed by atoms with Gasteiger partial charge in [-0.05, 0) is 36.4 Å². The number of benzene rings is 3. The van der Waals surface area contributed by atoms with Gasteiger partial charge in [0.15, 0.2) is 5.75 Å². The van der Waals surface area contributed by atoms with Crippen molar-refractivity contribution in [2.24, 2.45) is 0 Å². The third kappa shape index (κ3) is 4.47. The van der Waals surface area contributed by atoms with Crippen molar-refractivity contribution in [3.63, 3.8) is 0 Å². The zero-order valence-electron chi connectivity index (χ0n) is 14.8. The number of esters is 1. The highest BCUT2D eigenvalue weighted by Gasteiger charge is 2.19. The molecule has 0 N–H and O–H groups in total. The van der Waals surface area contributed by atoms with Gasteiger partial charge in [-0.2, -0.15) is 0 Å². The molecule has 7 heteroatoms. The third-order valence-corrected chi connectivity index (χ3v) is 4.94. The molecule has 0 saturated heterocycles. The Morgan fingerprint density at radius 2 is 1.79 bits per heavy atom. The van der Waals surface area contributed by atoms with Crippen LogP contribution in [0, 0.1) is 0 Å². The normalized spacial score (nSPS) is 10.4. The Balaban J connectivity index is 2.23. The lowest BCUT2D eigenvalue weighted by Crippen LogP contribution is -2.09. The number of hydrogen-bond acceptors (Lipinski definition) is 6. The number of fused-ring (bicyclic) bond motifs is 1. The fourth-order valence-electron chi connectivity index (χ4n) is 2.47. The van der Waals surface area contributed by atoms with Crippen LogP contribution in [0.5, 0.6) is 11.5 Å². The van der Waals surface area contributed by atoms with Crippen LogP contribution in [0.15, 0.2) is 77.0 Å². The maximum atomic E-state index is 11.9. The molecule has 0 amide bonds. The Morgan fingerprint density at radius 3 is 2.46 bits per heavy atom. The summed E-state index contributed by atoms with van der Waals surface area (Å²) in [5.41, 5.74) is 0. The van der Waals surface area contributed by atoms with Crippen LogP contribution in [0.25, 0.3) is 10.8 Å². The largest absolute Gasteiger partial charge is 0.513 e. The summed E-state index contributed by atoms with van der Waals surface area (Å²) >= 11 is 7.47. The van der Waals surface area contributed by atoms with E-state index >= 15 is 0 Å². The second-order valence-corrected chi connectivity index (χ2v) is 7.04. The van der Waals surface area contributed by atoms with Gasteiger partial charge in [-0.25, -0.2) is 9.59 Å². The molecule has 28 heavy (non-hydrogen) atoms. The molecule has 3 rings (SSSR count). The van der Waals surface area contributed by atoms with Crippen LogP contribution >= 0.6 is 23.4 Å². The number of methoxy groups -OCH3 is 1. The third-order valence-electron chi connectivity index (χ3n) is 3.68. The van der Waals surface area contributed by atoms with Gasteiger partial charge in [0.05, 0.1) is 12.0 Å². The summed E-state index contributed by atoms with van der Waals surface area (Å²) in [6.45, 7) is 3.44. The number of carbonyl (C=O) groups is 2. The highest BCUT2D eigenvalue weighted by Crippen LogP contribution is 2.45. The van der Waals surface area contributed by atoms with E-state index in [9.17, 15) is 9.59 Å². The molecule has 0 spiro atoms. The molecule has 0 unspecified atom stereocenters. The minimum Gasteiger partial charge on any atom is -0.437 e. The minimum absolute atomic E-state index is 0.237. The molecular weight excluding hydrogens is 400 g/mol. The Labute approximate surface area is 170 Å². The van der Waals surface area contributed by atoms with E-state index in [1.807, 2.05) is 30.3 Å². The lowest BCUT2D eigenvalue weighted by molar-refractivity contribution is -0.129. The van der Waals surface area contributed by atoms with Gasteiger partial charge in [0.2, 0.25) is 0 Å². The van der Waals surface area contributed by atoms with Gasteiger partial charge in [0, 0.05) is 26.8 Å². The predicted molar refractivity (Wildman–Crippen MR) is 108 cm³/mol. The Bertz CT molecular complexity index is 1050. The minimum atomic E-state index is -0.868. The van der Waals surface area contributed by atoms with Crippen molar-refractivity contribution in [2.45, 2.75) is 9.79 Å². The van der Waals surface area contributed by atoms with E-state index in [4.69, 9.17) is 21.1 Å². The first-order valence-corrected chi connectivity index (χ1v) is 9.30. The summed E-state index contributed by atoms with van der Waals surface area (Å²) in [5.74, 6) is -0.0448. The van der Waals surface area contributed by atoms with Crippen molar-refractivity contribution in [1.82, 2.24) is 0 Å². The first kappa shape index (κ1) is 19.8. The zero-order chi connectivity index (χ0) is 20.1. The summed E-state index contributed by atoms with van der Waals surface area (Å²) < 4.78 is 15.4. The maximum Gasteiger partial charge on any atom is 0.513 e. The molecule has 0 aliphatic carbocycles. The van der Waals surface area contributed by atoms with Gasteiger partial charge in [0.1, 0.15) is 5.75 Å². The van der Waals surface area contributed by atoms with Crippen LogP contribution in [0.1, 0.15) is 0 Å². The lowest BCUT2D eigenvalue weighted by atomic mass is 10.1. The first-order chi connectivity index (χ1) is 13.5. The molecule has 0 fully saturated rings. The van der Waals surface area contributed by atoms with Crippen molar-refractivity contribution in [3.8, 4) is 11.5 Å². The Kier molecular flexibility index (Phi) is 6.23. The van der Waals surface area contributed by atoms with Crippen LogP contribution in [0.2, 0.25) is 5.02 Å². The van der Waals surface area contributed by atoms with Crippen molar-refractivity contribution >= 4 is 46.3 Å². The molecule has 0 aliphatic heterocycles. The molecule has 0 aromatic heterocycles. The number of hydrogen-bond donors (Lipinski definition) is 0. The molecule has 5 nitrogen and oxygen atoms in total. The number of ether oxygens (including phenoxy) is 3. The van der Waals surface area contributed by atoms with Gasteiger partial charge in [-0.15, -0.1) is 0 Å². The molecule has 0 aliphatic rings. The Morgan fingerprint density at radius 1 is 1.04 bits per heavy atom. The fourth-order valence-corrected chi connectivity index (χ4v) is 3.60. The monoisotopic (exact) mass is 414 g/mol. The van der Waals surface area contributed by atoms with Crippen LogP contribution in [-0.2, 0) is 9.53 Å². The van der Waals surface area contributed by atoms with Crippen LogP contribution in [0.4, 0.5) is 4.79 Å². The van der Waals surface area contributed by atoms with E-state index in [0.717, 1.165) is 11.0 Å². The lowest BCUT2D eigenvalue weighted by Gasteiger charge is -2.15. The topological polar surface area (TPSA) is 61.8 Å². The molecule has 3 aromatic rings. The second kappa shape index (κ2) is 8.82. The second-order valence-electron chi connectivity index (χ2n) is 5.49. The van der Waals surface area contributed by atoms with Crippen LogP contribution in [-0.4, -0.2) is 19.2 Å². The number of rotatable bonds is 5. The highest BCUT2D eigenvalue weighted by atomic mass is 35.5. The standard InChI is InChI=1S/C21H15ClO5S/c1-3-19(23)27-20-15-10-9-13(22)11-16(15)17(26-21(24)25-2)12-18(20)28-14-7-5-4-6-8-14/h3-12H,1H2,2H3. The molecule has 0 bridgehead atoms. The van der Waals surface area contributed by atoms with Gasteiger partial charge >= 0.3 is 12.1 Å². The maximum absolute atomic E-state index is 11.9. The van der Waals surface area contributed by atoms with Gasteiger partial charge in [-0.1, -0.05) is 48.1 Å². The van der Waals surface area contributed by atoms with Crippen molar-refractivity contribution in [2.75, 3.05) is 7.11 Å². The number of halogens is 1. The average Bonchev–Trinajstić information content (AvgIpc) is 2.71. The van der Waals surface area contributed by atoms with Crippen LogP contribution in [0.3, 0.4) is 0 Å². The molecule has 0 saturated carbocycles. The molecule has 3 aromatic carbocycles. The van der Waals surface area contributed by atoms with E-state index in [1.165, 1.54) is 18.9 Å². The summed E-state index contributed by atoms with van der Waals surface area (Å²) in [6.07, 6.45) is 0.213. The SMILES string of the molecule is C=CC(=O)Oc1c(Sc2ccccc2)cc(OC(=O)OC)c2cc(Cl)ccc12. The van der Waals surface area contributed by atoms with E-state index in [0.29, 0.717) is 26.4 Å². The van der Waals surface area contributed by atoms with E-state index < -0.39 is 12.1 Å². The first-order valence-electron chi connectivity index (χ1n) is 8.11. The van der Waals surface area contributed by atoms with Gasteiger partial charge < -0.3 is 14.2 Å². The highest BCUT2D eigenvalue weighted by molar-refractivity contribution is 7.99. The van der Waals surface area contributed by atoms with Gasteiger partial charge in [-0.3, -0.25) is 0 Å². The molecule has 0 atom stereocenters. The van der Waals surface area contributed by atoms with Crippen molar-refractivity contribution < 1.29 is 23.8 Å². The summed E-state index contributed by atoms with van der Waals surface area (Å²) in [7, 11) is 1.22. The summed E-state index contributed by atoms with van der Waals surface area (Å²) in [4.78, 5) is 25.1. The van der Waals surface area contributed by atoms with E-state index in [-0.39, 0.29) is 5.75 Å². The van der Waals surface area contributed by atoms with Gasteiger partial charge in [0.25, 0.3) is 0 Å². The average molecular weight is 415 g/mol. The fraction of sp³-hybridized carbons (Fsp3) is 0.0476. The quantitative estimate of drug-likeness (QED) is 0.225. The summed E-state index contributed by atoms with van der Waals surface area (Å²) in [5, 5.41) is 1.49. The Hall–Kier alpha value is -2.96. The zero-order valence-corrected chi connectivity index (χ0v) is 16.4. The van der Waals surface area contributed by atoms with E-state index in [1.54, 1.807) is 24.3 Å². The molecule has 142 valence electrons. The van der Waals surface area contributed by atoms with E-state index in [2.05, 4.69) is 11.3 Å². The number of carbonyl (C=O) groups excluding carboxylic acids is 2. The van der Waals surface area contributed by atoms with Crippen molar-refractivity contribution in [3.05, 3.63) is 72.3 Å².